The predicted octanol–water partition coefficient (Wildman–Crippen LogP) is 2.62. The lowest BCUT2D eigenvalue weighted by atomic mass is 9.98. The van der Waals surface area contributed by atoms with Crippen LogP contribution in [0.15, 0.2) is 23.7 Å². The van der Waals surface area contributed by atoms with Crippen LogP contribution in [-0.2, 0) is 0 Å². The van der Waals surface area contributed by atoms with Crippen molar-refractivity contribution in [2.75, 3.05) is 0 Å². The number of aryl methyl sites for hydroxylation is 3. The zero-order valence-corrected chi connectivity index (χ0v) is 11.1. The summed E-state index contributed by atoms with van der Waals surface area (Å²) in [7, 11) is 0. The third-order valence-corrected chi connectivity index (χ3v) is 3.95. The van der Waals surface area contributed by atoms with E-state index in [0.717, 1.165) is 5.69 Å². The van der Waals surface area contributed by atoms with Crippen LogP contribution >= 0.6 is 11.3 Å². The Labute approximate surface area is 106 Å². The molecule has 0 spiro atoms. The molecule has 17 heavy (non-hydrogen) atoms. The Balaban J connectivity index is 2.49. The van der Waals surface area contributed by atoms with E-state index in [4.69, 9.17) is 5.84 Å². The summed E-state index contributed by atoms with van der Waals surface area (Å²) in [5.41, 5.74) is 9.51. The average Bonchev–Trinajstić information content (AvgIpc) is 2.71. The molecule has 1 aromatic carbocycles. The third-order valence-electron chi connectivity index (χ3n) is 2.96. The summed E-state index contributed by atoms with van der Waals surface area (Å²) in [5.74, 6) is 5.71. The quantitative estimate of drug-likeness (QED) is 0.647. The number of nitrogens with one attached hydrogen (secondary N) is 1. The topological polar surface area (TPSA) is 50.9 Å². The lowest BCUT2D eigenvalue weighted by molar-refractivity contribution is 0.638. The predicted molar refractivity (Wildman–Crippen MR) is 71.9 cm³/mol. The number of thiazole rings is 1. The highest BCUT2D eigenvalue weighted by Gasteiger charge is 2.18. The van der Waals surface area contributed by atoms with Crippen LogP contribution in [0.3, 0.4) is 0 Å². The molecule has 0 radical (unpaired) electrons. The number of hydrogen-bond donors (Lipinski definition) is 2. The Bertz CT molecular complexity index is 519. The molecule has 0 aliphatic heterocycles. The standard InChI is InChI=1S/C13H17N3S/c1-8-4-5-9(2)11(6-8)12(16-14)13-10(3)15-7-17-13/h4-7,12,16H,14H2,1-3H3. The van der Waals surface area contributed by atoms with Gasteiger partial charge in [-0.05, 0) is 31.9 Å². The van der Waals surface area contributed by atoms with Gasteiger partial charge >= 0.3 is 0 Å². The molecule has 4 heteroatoms. The Morgan fingerprint density at radius 2 is 2.06 bits per heavy atom. The third kappa shape index (κ3) is 2.39. The van der Waals surface area contributed by atoms with Gasteiger partial charge in [-0.2, -0.15) is 0 Å². The van der Waals surface area contributed by atoms with Gasteiger partial charge in [-0.15, -0.1) is 11.3 Å². The van der Waals surface area contributed by atoms with Gasteiger partial charge in [0.05, 0.1) is 22.1 Å². The molecule has 2 aromatic rings. The molecule has 0 saturated heterocycles. The first kappa shape index (κ1) is 12.2. The molecule has 3 N–H and O–H groups in total. The van der Waals surface area contributed by atoms with Crippen LogP contribution in [0.2, 0.25) is 0 Å². The normalized spacial score (nSPS) is 12.7. The number of benzene rings is 1. The highest BCUT2D eigenvalue weighted by atomic mass is 32.1. The molecule has 2 rings (SSSR count). The first-order valence-electron chi connectivity index (χ1n) is 5.56. The maximum atomic E-state index is 5.71. The van der Waals surface area contributed by atoms with Crippen LogP contribution < -0.4 is 11.3 Å². The second kappa shape index (κ2) is 4.96. The number of rotatable bonds is 3. The van der Waals surface area contributed by atoms with Crippen LogP contribution in [0.5, 0.6) is 0 Å². The summed E-state index contributed by atoms with van der Waals surface area (Å²) in [5, 5.41) is 0. The van der Waals surface area contributed by atoms with Gasteiger partial charge in [0, 0.05) is 0 Å². The first-order valence-corrected chi connectivity index (χ1v) is 6.44. The molecule has 1 unspecified atom stereocenters. The van der Waals surface area contributed by atoms with Crippen LogP contribution in [-0.4, -0.2) is 4.98 Å². The second-order valence-electron chi connectivity index (χ2n) is 4.26. The van der Waals surface area contributed by atoms with Crippen LogP contribution in [0, 0.1) is 20.8 Å². The van der Waals surface area contributed by atoms with Crippen molar-refractivity contribution in [1.82, 2.24) is 10.4 Å². The van der Waals surface area contributed by atoms with Crippen molar-refractivity contribution in [2.45, 2.75) is 26.8 Å². The average molecular weight is 247 g/mol. The van der Waals surface area contributed by atoms with Gasteiger partial charge in [-0.3, -0.25) is 5.84 Å². The number of hydrazine groups is 1. The fraction of sp³-hybridized carbons (Fsp3) is 0.308. The molecule has 3 nitrogen and oxygen atoms in total. The van der Waals surface area contributed by atoms with Crippen molar-refractivity contribution in [2.24, 2.45) is 5.84 Å². The fourth-order valence-corrected chi connectivity index (χ4v) is 2.84. The Kier molecular flexibility index (Phi) is 3.57. The summed E-state index contributed by atoms with van der Waals surface area (Å²) < 4.78 is 0. The van der Waals surface area contributed by atoms with Crippen molar-refractivity contribution < 1.29 is 0 Å². The van der Waals surface area contributed by atoms with Crippen molar-refractivity contribution in [3.05, 3.63) is 51.0 Å². The minimum absolute atomic E-state index is 0.0300. The van der Waals surface area contributed by atoms with E-state index in [9.17, 15) is 0 Å². The van der Waals surface area contributed by atoms with Gasteiger partial charge < -0.3 is 0 Å². The maximum absolute atomic E-state index is 5.71. The van der Waals surface area contributed by atoms with E-state index >= 15 is 0 Å². The summed E-state index contributed by atoms with van der Waals surface area (Å²) >= 11 is 1.64. The molecular formula is C13H17N3S. The van der Waals surface area contributed by atoms with Gasteiger partial charge in [-0.25, -0.2) is 10.4 Å². The number of hydrogen-bond acceptors (Lipinski definition) is 4. The van der Waals surface area contributed by atoms with Crippen LogP contribution in [0.1, 0.15) is 33.3 Å². The van der Waals surface area contributed by atoms with Crippen molar-refractivity contribution >= 4 is 11.3 Å². The Morgan fingerprint density at radius 3 is 2.65 bits per heavy atom. The van der Waals surface area contributed by atoms with Crippen molar-refractivity contribution in [3.8, 4) is 0 Å². The monoisotopic (exact) mass is 247 g/mol. The zero-order valence-electron chi connectivity index (χ0n) is 10.3. The minimum atomic E-state index is 0.0300. The van der Waals surface area contributed by atoms with Gasteiger partial charge in [0.1, 0.15) is 0 Å². The molecule has 1 atom stereocenters. The molecular weight excluding hydrogens is 230 g/mol. The lowest BCUT2D eigenvalue weighted by Gasteiger charge is -2.18. The molecule has 0 bridgehead atoms. The van der Waals surface area contributed by atoms with Crippen LogP contribution in [0.25, 0.3) is 0 Å². The van der Waals surface area contributed by atoms with E-state index in [-0.39, 0.29) is 6.04 Å². The summed E-state index contributed by atoms with van der Waals surface area (Å²) in [6.45, 7) is 6.22. The lowest BCUT2D eigenvalue weighted by Crippen LogP contribution is -2.29. The van der Waals surface area contributed by atoms with Crippen LogP contribution in [0.4, 0.5) is 0 Å². The highest BCUT2D eigenvalue weighted by molar-refractivity contribution is 7.09. The van der Waals surface area contributed by atoms with E-state index in [1.807, 2.05) is 12.4 Å². The fourth-order valence-electron chi connectivity index (χ4n) is 1.97. The van der Waals surface area contributed by atoms with E-state index in [1.165, 1.54) is 21.6 Å². The van der Waals surface area contributed by atoms with Gasteiger partial charge in [0.2, 0.25) is 0 Å². The van der Waals surface area contributed by atoms with E-state index in [2.05, 4.69) is 42.5 Å². The van der Waals surface area contributed by atoms with Crippen molar-refractivity contribution in [3.63, 3.8) is 0 Å². The molecule has 0 aliphatic carbocycles. The second-order valence-corrected chi connectivity index (χ2v) is 5.15. The summed E-state index contributed by atoms with van der Waals surface area (Å²) in [4.78, 5) is 5.47. The summed E-state index contributed by atoms with van der Waals surface area (Å²) in [6, 6.07) is 6.46. The maximum Gasteiger partial charge on any atom is 0.0823 e. The number of nitrogens with zero attached hydrogens (tertiary/aromatic N) is 1. The Hall–Kier alpha value is -1.23. The smallest absolute Gasteiger partial charge is 0.0823 e. The Morgan fingerprint density at radius 1 is 1.29 bits per heavy atom. The zero-order chi connectivity index (χ0) is 12.4. The van der Waals surface area contributed by atoms with E-state index in [1.54, 1.807) is 11.3 Å². The van der Waals surface area contributed by atoms with Gasteiger partial charge in [0.15, 0.2) is 0 Å². The van der Waals surface area contributed by atoms with E-state index in [0.29, 0.717) is 0 Å². The van der Waals surface area contributed by atoms with Gasteiger partial charge in [-0.1, -0.05) is 23.8 Å². The summed E-state index contributed by atoms with van der Waals surface area (Å²) in [6.07, 6.45) is 0. The SMILES string of the molecule is Cc1ccc(C)c(C(NN)c2scnc2C)c1. The largest absolute Gasteiger partial charge is 0.271 e. The minimum Gasteiger partial charge on any atom is -0.271 e. The highest BCUT2D eigenvalue weighted by Crippen LogP contribution is 2.29. The first-order chi connectivity index (χ1) is 8.13. The molecule has 90 valence electrons. The van der Waals surface area contributed by atoms with Gasteiger partial charge in [0.25, 0.3) is 0 Å². The molecule has 1 heterocycles. The molecule has 0 saturated carbocycles. The molecule has 0 amide bonds. The molecule has 1 aromatic heterocycles. The molecule has 0 aliphatic rings. The number of aromatic nitrogens is 1. The number of nitrogens with two attached hydrogens (primary N) is 1. The van der Waals surface area contributed by atoms with Crippen molar-refractivity contribution in [1.29, 1.82) is 0 Å². The molecule has 0 fully saturated rings. The van der Waals surface area contributed by atoms with E-state index < -0.39 is 0 Å².